The standard InChI is InChI=1S/C18H22O2/c1-2-3-4-6-9-15-12-13-17(14-18(15)19)20-16-10-7-5-8-11-16/h5,7-8,10-14,19H,2-4,6,9H2,1H3. The van der Waals surface area contributed by atoms with Crippen LogP contribution in [0.1, 0.15) is 38.2 Å². The highest BCUT2D eigenvalue weighted by Crippen LogP contribution is 2.28. The third-order valence-corrected chi connectivity index (χ3v) is 3.34. The molecule has 0 aliphatic rings. The van der Waals surface area contributed by atoms with Gasteiger partial charge in [0.25, 0.3) is 0 Å². The van der Waals surface area contributed by atoms with Crippen molar-refractivity contribution >= 4 is 0 Å². The minimum absolute atomic E-state index is 0.329. The summed E-state index contributed by atoms with van der Waals surface area (Å²) in [5.41, 5.74) is 1.00. The second-order valence-electron chi connectivity index (χ2n) is 5.02. The SMILES string of the molecule is CCCCCCc1ccc(Oc2ccccc2)cc1O. The fourth-order valence-corrected chi connectivity index (χ4v) is 2.19. The van der Waals surface area contributed by atoms with E-state index in [1.165, 1.54) is 19.3 Å². The van der Waals surface area contributed by atoms with Crippen LogP contribution < -0.4 is 4.74 Å². The predicted molar refractivity (Wildman–Crippen MR) is 82.5 cm³/mol. The zero-order chi connectivity index (χ0) is 14.2. The highest BCUT2D eigenvalue weighted by atomic mass is 16.5. The molecule has 0 saturated carbocycles. The molecule has 0 atom stereocenters. The molecule has 0 saturated heterocycles. The molecule has 0 radical (unpaired) electrons. The number of ether oxygens (including phenoxy) is 1. The summed E-state index contributed by atoms with van der Waals surface area (Å²) in [6.45, 7) is 2.20. The van der Waals surface area contributed by atoms with Crippen LogP contribution in [0.3, 0.4) is 0 Å². The van der Waals surface area contributed by atoms with Crippen LogP contribution in [0.5, 0.6) is 17.2 Å². The summed E-state index contributed by atoms with van der Waals surface area (Å²) in [5.74, 6) is 1.78. The van der Waals surface area contributed by atoms with Gasteiger partial charge < -0.3 is 9.84 Å². The predicted octanol–water partition coefficient (Wildman–Crippen LogP) is 5.31. The number of aromatic hydroxyl groups is 1. The number of hydrogen-bond acceptors (Lipinski definition) is 2. The maximum absolute atomic E-state index is 10.0. The second-order valence-corrected chi connectivity index (χ2v) is 5.02. The molecular weight excluding hydrogens is 248 g/mol. The quantitative estimate of drug-likeness (QED) is 0.691. The minimum atomic E-state index is 0.329. The van der Waals surface area contributed by atoms with E-state index in [1.54, 1.807) is 6.07 Å². The van der Waals surface area contributed by atoms with Gasteiger partial charge in [-0.3, -0.25) is 0 Å². The molecule has 0 spiro atoms. The summed E-state index contributed by atoms with van der Waals surface area (Å²) < 4.78 is 5.70. The van der Waals surface area contributed by atoms with E-state index in [-0.39, 0.29) is 0 Å². The van der Waals surface area contributed by atoms with Crippen LogP contribution in [0.15, 0.2) is 48.5 Å². The van der Waals surface area contributed by atoms with Gasteiger partial charge in [0.15, 0.2) is 0 Å². The van der Waals surface area contributed by atoms with Gasteiger partial charge in [0.1, 0.15) is 17.2 Å². The Morgan fingerprint density at radius 3 is 2.40 bits per heavy atom. The first kappa shape index (κ1) is 14.4. The summed E-state index contributed by atoms with van der Waals surface area (Å²) >= 11 is 0. The van der Waals surface area contributed by atoms with Crippen molar-refractivity contribution in [2.75, 3.05) is 0 Å². The van der Waals surface area contributed by atoms with Gasteiger partial charge in [-0.1, -0.05) is 50.5 Å². The summed E-state index contributed by atoms with van der Waals surface area (Å²) in [6.07, 6.45) is 5.77. The van der Waals surface area contributed by atoms with E-state index in [0.717, 1.165) is 24.2 Å². The molecule has 0 fully saturated rings. The topological polar surface area (TPSA) is 29.5 Å². The Morgan fingerprint density at radius 1 is 0.900 bits per heavy atom. The van der Waals surface area contributed by atoms with E-state index in [2.05, 4.69) is 6.92 Å². The Balaban J connectivity index is 1.95. The van der Waals surface area contributed by atoms with Crippen LogP contribution in [-0.2, 0) is 6.42 Å². The van der Waals surface area contributed by atoms with E-state index >= 15 is 0 Å². The summed E-state index contributed by atoms with van der Waals surface area (Å²) in [6, 6.07) is 15.2. The smallest absolute Gasteiger partial charge is 0.131 e. The van der Waals surface area contributed by atoms with Crippen molar-refractivity contribution in [1.29, 1.82) is 0 Å². The molecule has 0 aromatic heterocycles. The first-order valence-electron chi connectivity index (χ1n) is 7.34. The molecule has 20 heavy (non-hydrogen) atoms. The number of hydrogen-bond donors (Lipinski definition) is 1. The van der Waals surface area contributed by atoms with Crippen molar-refractivity contribution in [1.82, 2.24) is 0 Å². The van der Waals surface area contributed by atoms with Crippen molar-refractivity contribution in [3.63, 3.8) is 0 Å². The second kappa shape index (κ2) is 7.59. The fraction of sp³-hybridized carbons (Fsp3) is 0.333. The summed E-state index contributed by atoms with van der Waals surface area (Å²) in [4.78, 5) is 0. The van der Waals surface area contributed by atoms with E-state index in [1.807, 2.05) is 42.5 Å². The van der Waals surface area contributed by atoms with Crippen molar-refractivity contribution in [2.24, 2.45) is 0 Å². The van der Waals surface area contributed by atoms with Crippen molar-refractivity contribution in [3.8, 4) is 17.2 Å². The Labute approximate surface area is 121 Å². The molecule has 2 aromatic carbocycles. The highest BCUT2D eigenvalue weighted by molar-refractivity contribution is 5.41. The van der Waals surface area contributed by atoms with Gasteiger partial charge in [-0.25, -0.2) is 0 Å². The van der Waals surface area contributed by atoms with E-state index in [9.17, 15) is 5.11 Å². The van der Waals surface area contributed by atoms with Crippen LogP contribution in [0.25, 0.3) is 0 Å². The number of unbranched alkanes of at least 4 members (excludes halogenated alkanes) is 3. The third-order valence-electron chi connectivity index (χ3n) is 3.34. The van der Waals surface area contributed by atoms with Crippen LogP contribution >= 0.6 is 0 Å². The van der Waals surface area contributed by atoms with Gasteiger partial charge in [-0.05, 0) is 36.6 Å². The number of aryl methyl sites for hydroxylation is 1. The van der Waals surface area contributed by atoms with Crippen LogP contribution in [0, 0.1) is 0 Å². The molecular formula is C18H22O2. The lowest BCUT2D eigenvalue weighted by Crippen LogP contribution is -1.89. The number of phenols is 1. The molecule has 106 valence electrons. The molecule has 0 amide bonds. The molecule has 2 aromatic rings. The van der Waals surface area contributed by atoms with Gasteiger partial charge in [0, 0.05) is 6.07 Å². The lowest BCUT2D eigenvalue weighted by molar-refractivity contribution is 0.449. The van der Waals surface area contributed by atoms with Crippen LogP contribution in [0.2, 0.25) is 0 Å². The number of rotatable bonds is 7. The molecule has 0 heterocycles. The lowest BCUT2D eigenvalue weighted by atomic mass is 10.1. The summed E-state index contributed by atoms with van der Waals surface area (Å²) in [5, 5.41) is 10.0. The van der Waals surface area contributed by atoms with Crippen molar-refractivity contribution < 1.29 is 9.84 Å². The van der Waals surface area contributed by atoms with Gasteiger partial charge >= 0.3 is 0 Å². The molecule has 0 bridgehead atoms. The van der Waals surface area contributed by atoms with E-state index < -0.39 is 0 Å². The average molecular weight is 270 g/mol. The minimum Gasteiger partial charge on any atom is -0.508 e. The van der Waals surface area contributed by atoms with Gasteiger partial charge in [0.2, 0.25) is 0 Å². The fourth-order valence-electron chi connectivity index (χ4n) is 2.19. The maximum Gasteiger partial charge on any atom is 0.131 e. The molecule has 0 aliphatic carbocycles. The van der Waals surface area contributed by atoms with Crippen molar-refractivity contribution in [2.45, 2.75) is 39.0 Å². The molecule has 2 nitrogen and oxygen atoms in total. The monoisotopic (exact) mass is 270 g/mol. The number of para-hydroxylation sites is 1. The maximum atomic E-state index is 10.0. The molecule has 0 aliphatic heterocycles. The molecule has 2 rings (SSSR count). The zero-order valence-electron chi connectivity index (χ0n) is 12.0. The van der Waals surface area contributed by atoms with E-state index in [0.29, 0.717) is 11.5 Å². The zero-order valence-corrected chi connectivity index (χ0v) is 12.0. The average Bonchev–Trinajstić information content (AvgIpc) is 2.46. The summed E-state index contributed by atoms with van der Waals surface area (Å²) in [7, 11) is 0. The first-order chi connectivity index (χ1) is 9.79. The lowest BCUT2D eigenvalue weighted by Gasteiger charge is -2.09. The molecule has 1 N–H and O–H groups in total. The van der Waals surface area contributed by atoms with Gasteiger partial charge in [-0.2, -0.15) is 0 Å². The van der Waals surface area contributed by atoms with Crippen LogP contribution in [-0.4, -0.2) is 5.11 Å². The Morgan fingerprint density at radius 2 is 1.70 bits per heavy atom. The third kappa shape index (κ3) is 4.30. The normalized spacial score (nSPS) is 10.4. The van der Waals surface area contributed by atoms with E-state index in [4.69, 9.17) is 4.74 Å². The Kier molecular flexibility index (Phi) is 5.48. The van der Waals surface area contributed by atoms with Crippen LogP contribution in [0.4, 0.5) is 0 Å². The number of phenolic OH excluding ortho intramolecular Hbond substituents is 1. The number of benzene rings is 2. The Bertz CT molecular complexity index is 520. The molecule has 2 heteroatoms. The Hall–Kier alpha value is -1.96. The highest BCUT2D eigenvalue weighted by Gasteiger charge is 2.04. The van der Waals surface area contributed by atoms with Crippen molar-refractivity contribution in [3.05, 3.63) is 54.1 Å². The molecule has 0 unspecified atom stereocenters. The first-order valence-corrected chi connectivity index (χ1v) is 7.34. The largest absolute Gasteiger partial charge is 0.508 e. The van der Waals surface area contributed by atoms with Gasteiger partial charge in [0.05, 0.1) is 0 Å². The van der Waals surface area contributed by atoms with Gasteiger partial charge in [-0.15, -0.1) is 0 Å².